The van der Waals surface area contributed by atoms with Crippen molar-refractivity contribution >= 4 is 17.9 Å². The van der Waals surface area contributed by atoms with E-state index in [2.05, 4.69) is 19.9 Å². The number of nitrogens with zero attached hydrogens (tertiary/aromatic N) is 1. The molecule has 0 fully saturated rings. The lowest BCUT2D eigenvalue weighted by molar-refractivity contribution is 0.103. The number of methoxy groups -OCH3 is 3. The molecule has 0 atom stereocenters. The van der Waals surface area contributed by atoms with Gasteiger partial charge in [-0.05, 0) is 29.8 Å². The molecule has 2 heterocycles. The molecule has 4 aromatic rings. The largest absolute Gasteiger partial charge is 0.497 e. The zero-order valence-electron chi connectivity index (χ0n) is 22.6. The molecule has 0 bridgehead atoms. The van der Waals surface area contributed by atoms with Crippen molar-refractivity contribution in [3.8, 4) is 17.2 Å². The molecule has 0 saturated carbocycles. The first-order valence-electron chi connectivity index (χ1n) is 12.1. The second-order valence-electron chi connectivity index (χ2n) is 9.80. The van der Waals surface area contributed by atoms with E-state index < -0.39 is 11.1 Å². The van der Waals surface area contributed by atoms with Crippen LogP contribution in [0.2, 0.25) is 0 Å². The van der Waals surface area contributed by atoms with Crippen LogP contribution < -0.4 is 36.0 Å². The maximum Gasteiger partial charge on any atom is 0.272 e. The number of benzene rings is 2. The molecule has 4 rings (SSSR count). The van der Waals surface area contributed by atoms with Gasteiger partial charge in [0.2, 0.25) is 0 Å². The van der Waals surface area contributed by atoms with Crippen molar-refractivity contribution in [2.45, 2.75) is 26.2 Å². The first-order valence-corrected chi connectivity index (χ1v) is 12.1. The van der Waals surface area contributed by atoms with Crippen LogP contribution in [-0.4, -0.2) is 47.0 Å². The van der Waals surface area contributed by atoms with Crippen molar-refractivity contribution in [3.05, 3.63) is 102 Å². The average molecular weight is 531 g/mol. The van der Waals surface area contributed by atoms with Crippen molar-refractivity contribution in [2.75, 3.05) is 21.3 Å². The molecule has 3 N–H and O–H groups in total. The summed E-state index contributed by atoms with van der Waals surface area (Å²) in [6.45, 7) is 6.05. The van der Waals surface area contributed by atoms with E-state index in [0.717, 1.165) is 5.69 Å². The van der Waals surface area contributed by atoms with Gasteiger partial charge < -0.3 is 29.2 Å². The van der Waals surface area contributed by atoms with Crippen LogP contribution in [0.3, 0.4) is 0 Å². The standard InChI is InChI=1S/C29H30N4O6/c1-29(2,3)26-20(30-15-31-26)14-22-28(36)32-21(27(35)33-22)11-16-8-7-9-17(10-16)24(34)19-12-18(37-4)13-23(38-5)25(19)39-6/h7-15H,1-6H3,(H,30,31)(H,32,36)(H,33,35)/b21-11-,22-14-. The molecule has 0 aliphatic carbocycles. The second-order valence-corrected chi connectivity index (χ2v) is 9.80. The number of carbonyl (C=O) groups excluding carboxylic acids is 1. The number of nitrogens with one attached hydrogen (secondary N) is 3. The van der Waals surface area contributed by atoms with Gasteiger partial charge in [0, 0.05) is 22.7 Å². The Balaban J connectivity index is 1.75. The van der Waals surface area contributed by atoms with E-state index in [0.29, 0.717) is 28.3 Å². The summed E-state index contributed by atoms with van der Waals surface area (Å²) in [5.41, 5.74) is 1.33. The van der Waals surface area contributed by atoms with Crippen LogP contribution in [0, 0.1) is 0 Å². The zero-order chi connectivity index (χ0) is 28.3. The number of imidazole rings is 1. The number of ketones is 1. The minimum Gasteiger partial charge on any atom is -0.497 e. The van der Waals surface area contributed by atoms with Gasteiger partial charge in [-0.1, -0.05) is 39.0 Å². The number of H-pyrrole nitrogens is 3. The first kappa shape index (κ1) is 27.2. The number of ether oxygens (including phenoxy) is 3. The maximum absolute atomic E-state index is 13.4. The van der Waals surface area contributed by atoms with E-state index in [-0.39, 0.29) is 33.2 Å². The van der Waals surface area contributed by atoms with Gasteiger partial charge in [-0.3, -0.25) is 14.4 Å². The van der Waals surface area contributed by atoms with E-state index in [1.54, 1.807) is 42.7 Å². The molecular weight excluding hydrogens is 500 g/mol. The highest BCUT2D eigenvalue weighted by molar-refractivity contribution is 6.11. The molecule has 10 heteroatoms. The van der Waals surface area contributed by atoms with Crippen LogP contribution in [0.1, 0.15) is 53.6 Å². The number of hydrogen-bond acceptors (Lipinski definition) is 7. The van der Waals surface area contributed by atoms with Gasteiger partial charge in [0.05, 0.1) is 38.9 Å². The summed E-state index contributed by atoms with van der Waals surface area (Å²) in [5.74, 6) is 0.731. The lowest BCUT2D eigenvalue weighted by Crippen LogP contribution is -2.46. The van der Waals surface area contributed by atoms with E-state index in [9.17, 15) is 14.4 Å². The van der Waals surface area contributed by atoms with Gasteiger partial charge in [0.1, 0.15) is 16.4 Å². The molecule has 0 amide bonds. The van der Waals surface area contributed by atoms with E-state index in [1.807, 2.05) is 20.8 Å². The molecular formula is C29H30N4O6. The third-order valence-corrected chi connectivity index (χ3v) is 6.08. The van der Waals surface area contributed by atoms with Crippen molar-refractivity contribution in [3.63, 3.8) is 0 Å². The zero-order valence-corrected chi connectivity index (χ0v) is 22.6. The number of rotatable bonds is 7. The Morgan fingerprint density at radius 1 is 0.897 bits per heavy atom. The Kier molecular flexibility index (Phi) is 7.57. The topological polar surface area (TPSA) is 139 Å². The number of hydrogen-bond donors (Lipinski definition) is 3. The number of aromatic amines is 3. The molecule has 0 radical (unpaired) electrons. The molecule has 0 aliphatic rings. The molecule has 0 saturated heterocycles. The van der Waals surface area contributed by atoms with Crippen molar-refractivity contribution < 1.29 is 19.0 Å². The predicted molar refractivity (Wildman–Crippen MR) is 147 cm³/mol. The second kappa shape index (κ2) is 10.9. The average Bonchev–Trinajstić information content (AvgIpc) is 3.39. The van der Waals surface area contributed by atoms with Crippen molar-refractivity contribution in [1.82, 2.24) is 19.9 Å². The Morgan fingerprint density at radius 2 is 1.59 bits per heavy atom. The van der Waals surface area contributed by atoms with Crippen molar-refractivity contribution in [2.24, 2.45) is 0 Å². The highest BCUT2D eigenvalue weighted by Gasteiger charge is 2.21. The van der Waals surface area contributed by atoms with Gasteiger partial charge in [-0.15, -0.1) is 0 Å². The van der Waals surface area contributed by atoms with E-state index in [1.165, 1.54) is 33.5 Å². The Bertz CT molecular complexity index is 1770. The van der Waals surface area contributed by atoms with Crippen LogP contribution in [0.15, 0.2) is 52.3 Å². The Labute approximate surface area is 224 Å². The molecule has 10 nitrogen and oxygen atoms in total. The van der Waals surface area contributed by atoms with Gasteiger partial charge in [0.15, 0.2) is 17.3 Å². The third kappa shape index (κ3) is 5.69. The summed E-state index contributed by atoms with van der Waals surface area (Å²) in [5, 5.41) is 0.123. The van der Waals surface area contributed by atoms with Crippen LogP contribution in [0.5, 0.6) is 17.2 Å². The van der Waals surface area contributed by atoms with Crippen LogP contribution in [0.4, 0.5) is 0 Å². The SMILES string of the molecule is COc1cc(OC)c(OC)c(C(=O)c2cccc(/C=c3\[nH]c(=O)/c(=C/c4nc[nH]c4C(C)(C)C)[nH]c3=O)c2)c1. The van der Waals surface area contributed by atoms with Gasteiger partial charge in [-0.2, -0.15) is 0 Å². The summed E-state index contributed by atoms with van der Waals surface area (Å²) < 4.78 is 16.1. The van der Waals surface area contributed by atoms with Gasteiger partial charge in [0.25, 0.3) is 11.1 Å². The summed E-state index contributed by atoms with van der Waals surface area (Å²) in [4.78, 5) is 51.7. The van der Waals surface area contributed by atoms with Crippen molar-refractivity contribution in [1.29, 1.82) is 0 Å². The fourth-order valence-electron chi connectivity index (χ4n) is 4.17. The highest BCUT2D eigenvalue weighted by atomic mass is 16.5. The minimum absolute atomic E-state index is 0.0421. The van der Waals surface area contributed by atoms with Gasteiger partial charge in [-0.25, -0.2) is 4.98 Å². The molecule has 0 spiro atoms. The fourth-order valence-corrected chi connectivity index (χ4v) is 4.17. The summed E-state index contributed by atoms with van der Waals surface area (Å²) >= 11 is 0. The number of carbonyl (C=O) groups is 1. The molecule has 2 aromatic heterocycles. The molecule has 0 unspecified atom stereocenters. The monoisotopic (exact) mass is 530 g/mol. The molecule has 39 heavy (non-hydrogen) atoms. The normalized spacial score (nSPS) is 12.5. The minimum atomic E-state index is -0.496. The number of aromatic nitrogens is 4. The highest BCUT2D eigenvalue weighted by Crippen LogP contribution is 2.36. The lowest BCUT2D eigenvalue weighted by atomic mass is 9.90. The van der Waals surface area contributed by atoms with E-state index in [4.69, 9.17) is 14.2 Å². The third-order valence-electron chi connectivity index (χ3n) is 6.08. The molecule has 0 aliphatic heterocycles. The quantitative estimate of drug-likeness (QED) is 0.311. The molecule has 202 valence electrons. The summed E-state index contributed by atoms with van der Waals surface area (Å²) in [6, 6.07) is 9.86. The Hall–Kier alpha value is -4.86. The van der Waals surface area contributed by atoms with Crippen LogP contribution in [-0.2, 0) is 5.41 Å². The van der Waals surface area contributed by atoms with Crippen LogP contribution in [0.25, 0.3) is 12.2 Å². The fraction of sp³-hybridized carbons (Fsp3) is 0.241. The lowest BCUT2D eigenvalue weighted by Gasteiger charge is -2.16. The first-order chi connectivity index (χ1) is 18.5. The smallest absolute Gasteiger partial charge is 0.272 e. The van der Waals surface area contributed by atoms with E-state index >= 15 is 0 Å². The predicted octanol–water partition coefficient (Wildman–Crippen LogP) is 2.00. The molecule has 2 aromatic carbocycles. The summed E-state index contributed by atoms with van der Waals surface area (Å²) in [7, 11) is 4.41. The Morgan fingerprint density at radius 3 is 2.21 bits per heavy atom. The van der Waals surface area contributed by atoms with Crippen LogP contribution >= 0.6 is 0 Å². The maximum atomic E-state index is 13.4. The summed E-state index contributed by atoms with van der Waals surface area (Å²) in [6.07, 6.45) is 4.59. The van der Waals surface area contributed by atoms with Gasteiger partial charge >= 0.3 is 0 Å².